The van der Waals surface area contributed by atoms with Crippen molar-refractivity contribution in [3.05, 3.63) is 21.4 Å². The van der Waals surface area contributed by atoms with Gasteiger partial charge in [-0.2, -0.15) is 0 Å². The molecule has 1 fully saturated rings. The molecule has 5 nitrogen and oxygen atoms in total. The Morgan fingerprint density at radius 1 is 1.52 bits per heavy atom. The fourth-order valence-corrected chi connectivity index (χ4v) is 3.76. The number of hydrogen-bond acceptors (Lipinski definition) is 4. The highest BCUT2D eigenvalue weighted by Crippen LogP contribution is 2.24. The first-order valence-corrected chi connectivity index (χ1v) is 8.19. The van der Waals surface area contributed by atoms with E-state index in [2.05, 4.69) is 12.2 Å². The summed E-state index contributed by atoms with van der Waals surface area (Å²) < 4.78 is 0. The van der Waals surface area contributed by atoms with Crippen molar-refractivity contribution in [2.24, 2.45) is 5.92 Å². The molecule has 2 N–H and O–H groups in total. The monoisotopic (exact) mass is 310 g/mol. The van der Waals surface area contributed by atoms with Gasteiger partial charge in [0, 0.05) is 36.4 Å². The van der Waals surface area contributed by atoms with Gasteiger partial charge in [-0.25, -0.2) is 0 Å². The van der Waals surface area contributed by atoms with Gasteiger partial charge in [-0.1, -0.05) is 6.92 Å². The number of carboxylic acids is 1. The van der Waals surface area contributed by atoms with E-state index in [0.29, 0.717) is 26.2 Å². The lowest BCUT2D eigenvalue weighted by Crippen LogP contribution is -2.36. The van der Waals surface area contributed by atoms with Crippen molar-refractivity contribution in [2.45, 2.75) is 26.7 Å². The average Bonchev–Trinajstić information content (AvgIpc) is 2.65. The lowest BCUT2D eigenvalue weighted by Gasteiger charge is -2.23. The summed E-state index contributed by atoms with van der Waals surface area (Å²) in [6, 6.07) is 0. The number of carbonyl (C=O) groups excluding carboxylic acids is 1. The second kappa shape index (κ2) is 7.04. The van der Waals surface area contributed by atoms with Crippen molar-refractivity contribution in [1.29, 1.82) is 0 Å². The smallest absolute Gasteiger partial charge is 0.303 e. The largest absolute Gasteiger partial charge is 0.481 e. The number of aliphatic carboxylic acids is 1. The van der Waals surface area contributed by atoms with Crippen molar-refractivity contribution in [2.75, 3.05) is 26.2 Å². The number of nitrogens with zero attached hydrogens (tertiary/aromatic N) is 1. The Labute approximate surface area is 129 Å². The van der Waals surface area contributed by atoms with Crippen LogP contribution in [0.4, 0.5) is 0 Å². The zero-order valence-corrected chi connectivity index (χ0v) is 13.3. The van der Waals surface area contributed by atoms with Crippen LogP contribution in [0.5, 0.6) is 0 Å². The Kier molecular flexibility index (Phi) is 5.36. The van der Waals surface area contributed by atoms with Gasteiger partial charge in [0.15, 0.2) is 0 Å². The summed E-state index contributed by atoms with van der Waals surface area (Å²) in [7, 11) is 0. The molecule has 0 spiro atoms. The minimum atomic E-state index is -0.809. The van der Waals surface area contributed by atoms with Crippen LogP contribution in [0.2, 0.25) is 0 Å². The number of carboxylic acid groups (broad SMARTS) is 1. The molecule has 1 aromatic rings. The molecule has 1 amide bonds. The summed E-state index contributed by atoms with van der Waals surface area (Å²) in [4.78, 5) is 26.6. The molecule has 0 saturated carbocycles. The minimum Gasteiger partial charge on any atom is -0.481 e. The Hall–Kier alpha value is -1.40. The predicted octanol–water partition coefficient (Wildman–Crippen LogP) is 1.76. The van der Waals surface area contributed by atoms with E-state index in [9.17, 15) is 9.59 Å². The molecule has 2 rings (SSSR count). The molecule has 0 aromatic carbocycles. The topological polar surface area (TPSA) is 69.6 Å². The number of nitrogens with one attached hydrogen (secondary N) is 1. The molecular weight excluding hydrogens is 288 g/mol. The Bertz CT molecular complexity index is 527. The van der Waals surface area contributed by atoms with Gasteiger partial charge in [0.1, 0.15) is 0 Å². The summed E-state index contributed by atoms with van der Waals surface area (Å²) in [5.41, 5.74) is 1.91. The second-order valence-electron chi connectivity index (χ2n) is 5.46. The zero-order chi connectivity index (χ0) is 15.4. The SMILES string of the molecule is CCc1c(C(=O)N2CCNCC(CC(=O)O)C2)csc1C. The van der Waals surface area contributed by atoms with E-state index >= 15 is 0 Å². The highest BCUT2D eigenvalue weighted by atomic mass is 32.1. The van der Waals surface area contributed by atoms with Crippen molar-refractivity contribution in [1.82, 2.24) is 10.2 Å². The highest BCUT2D eigenvalue weighted by Gasteiger charge is 2.26. The highest BCUT2D eigenvalue weighted by molar-refractivity contribution is 7.10. The maximum absolute atomic E-state index is 12.7. The molecule has 1 unspecified atom stereocenters. The van der Waals surface area contributed by atoms with Gasteiger partial charge in [-0.3, -0.25) is 9.59 Å². The lowest BCUT2D eigenvalue weighted by atomic mass is 10.0. The van der Waals surface area contributed by atoms with Gasteiger partial charge in [0.05, 0.1) is 12.0 Å². The van der Waals surface area contributed by atoms with Crippen LogP contribution in [0.3, 0.4) is 0 Å². The fraction of sp³-hybridized carbons (Fsp3) is 0.600. The van der Waals surface area contributed by atoms with Crippen LogP contribution < -0.4 is 5.32 Å². The van der Waals surface area contributed by atoms with Crippen molar-refractivity contribution in [3.63, 3.8) is 0 Å². The normalized spacial score (nSPS) is 19.3. The third-order valence-corrected chi connectivity index (χ3v) is 4.86. The van der Waals surface area contributed by atoms with E-state index in [0.717, 1.165) is 17.5 Å². The predicted molar refractivity (Wildman–Crippen MR) is 83.0 cm³/mol. The molecule has 21 heavy (non-hydrogen) atoms. The first-order chi connectivity index (χ1) is 10.0. The standard InChI is InChI=1S/C15H22N2O3S/c1-3-12-10(2)21-9-13(12)15(20)17-5-4-16-7-11(8-17)6-14(18)19/h9,11,16H,3-8H2,1-2H3,(H,18,19). The third kappa shape index (κ3) is 3.83. The van der Waals surface area contributed by atoms with Gasteiger partial charge in [0.25, 0.3) is 5.91 Å². The Morgan fingerprint density at radius 2 is 2.29 bits per heavy atom. The molecular formula is C15H22N2O3S. The molecule has 0 bridgehead atoms. The maximum Gasteiger partial charge on any atom is 0.303 e. The number of hydrogen-bond donors (Lipinski definition) is 2. The maximum atomic E-state index is 12.7. The van der Waals surface area contributed by atoms with Gasteiger partial charge >= 0.3 is 5.97 Å². The van der Waals surface area contributed by atoms with Gasteiger partial charge in [0.2, 0.25) is 0 Å². The number of aryl methyl sites for hydroxylation is 1. The van der Waals surface area contributed by atoms with Crippen LogP contribution in [-0.2, 0) is 11.2 Å². The van der Waals surface area contributed by atoms with Crippen LogP contribution in [0.25, 0.3) is 0 Å². The van der Waals surface area contributed by atoms with Crippen molar-refractivity contribution < 1.29 is 14.7 Å². The molecule has 2 heterocycles. The number of rotatable bonds is 4. The van der Waals surface area contributed by atoms with Crippen LogP contribution >= 0.6 is 11.3 Å². The van der Waals surface area contributed by atoms with E-state index in [1.54, 1.807) is 16.2 Å². The fourth-order valence-electron chi connectivity index (χ4n) is 2.82. The molecule has 1 atom stereocenters. The van der Waals surface area contributed by atoms with Crippen molar-refractivity contribution >= 4 is 23.2 Å². The molecule has 0 aliphatic carbocycles. The Morgan fingerprint density at radius 3 is 2.95 bits per heavy atom. The molecule has 6 heteroatoms. The van der Waals surface area contributed by atoms with Crippen LogP contribution in [0, 0.1) is 12.8 Å². The molecule has 116 valence electrons. The Balaban J connectivity index is 2.14. The van der Waals surface area contributed by atoms with E-state index < -0.39 is 5.97 Å². The molecule has 1 aromatic heterocycles. The lowest BCUT2D eigenvalue weighted by molar-refractivity contribution is -0.138. The number of amides is 1. The number of thiophene rings is 1. The molecule has 1 saturated heterocycles. The van der Waals surface area contributed by atoms with Crippen LogP contribution in [-0.4, -0.2) is 48.1 Å². The van der Waals surface area contributed by atoms with Crippen LogP contribution in [0.15, 0.2) is 5.38 Å². The minimum absolute atomic E-state index is 0.0289. The first-order valence-electron chi connectivity index (χ1n) is 7.31. The van der Waals surface area contributed by atoms with Crippen LogP contribution in [0.1, 0.15) is 34.1 Å². The molecule has 0 radical (unpaired) electrons. The van der Waals surface area contributed by atoms with Gasteiger partial charge in [-0.15, -0.1) is 11.3 Å². The van der Waals surface area contributed by atoms with E-state index in [1.807, 2.05) is 12.3 Å². The summed E-state index contributed by atoms with van der Waals surface area (Å²) in [6.07, 6.45) is 0.946. The summed E-state index contributed by atoms with van der Waals surface area (Å²) in [5, 5.41) is 14.1. The second-order valence-corrected chi connectivity index (χ2v) is 6.54. The quantitative estimate of drug-likeness (QED) is 0.889. The average molecular weight is 310 g/mol. The van der Waals surface area contributed by atoms with E-state index in [-0.39, 0.29) is 18.2 Å². The summed E-state index contributed by atoms with van der Waals surface area (Å²) in [6.45, 7) is 6.61. The summed E-state index contributed by atoms with van der Waals surface area (Å²) >= 11 is 1.61. The van der Waals surface area contributed by atoms with E-state index in [4.69, 9.17) is 5.11 Å². The number of carbonyl (C=O) groups is 2. The third-order valence-electron chi connectivity index (χ3n) is 3.91. The molecule has 1 aliphatic heterocycles. The first kappa shape index (κ1) is 16.0. The van der Waals surface area contributed by atoms with E-state index in [1.165, 1.54) is 4.88 Å². The molecule has 1 aliphatic rings. The van der Waals surface area contributed by atoms with Crippen molar-refractivity contribution in [3.8, 4) is 0 Å². The zero-order valence-electron chi connectivity index (χ0n) is 12.5. The summed E-state index contributed by atoms with van der Waals surface area (Å²) in [5.74, 6) is -0.800. The van der Waals surface area contributed by atoms with Gasteiger partial charge in [-0.05, 0) is 24.8 Å². The van der Waals surface area contributed by atoms with Gasteiger partial charge < -0.3 is 15.3 Å².